The molecule has 0 fully saturated rings. The Kier molecular flexibility index (Phi) is 4.75. The zero-order valence-electron chi connectivity index (χ0n) is 5.46. The van der Waals surface area contributed by atoms with Gasteiger partial charge in [0.2, 0.25) is 5.12 Å². The molecule has 0 saturated carbocycles. The lowest BCUT2D eigenvalue weighted by Crippen LogP contribution is -2.24. The summed E-state index contributed by atoms with van der Waals surface area (Å²) in [5, 5.41) is 0.0143. The predicted octanol–water partition coefficient (Wildman–Crippen LogP) is -0.448. The van der Waals surface area contributed by atoms with Gasteiger partial charge in [0.05, 0.1) is 6.04 Å². The highest BCUT2D eigenvalue weighted by atomic mass is 32.2. The average Bonchev–Trinajstić information content (AvgIpc) is 1.82. The first-order valence-electron chi connectivity index (χ1n) is 2.80. The van der Waals surface area contributed by atoms with E-state index in [1.54, 1.807) is 6.92 Å². The average molecular weight is 148 g/mol. The summed E-state index contributed by atoms with van der Waals surface area (Å²) in [5.74, 6) is 0.667. The summed E-state index contributed by atoms with van der Waals surface area (Å²) in [5.41, 5.74) is 10.4. The van der Waals surface area contributed by atoms with Gasteiger partial charge >= 0.3 is 0 Å². The molecule has 0 aromatic carbocycles. The minimum absolute atomic E-state index is 0.0143. The molecule has 0 aromatic heterocycles. The van der Waals surface area contributed by atoms with E-state index >= 15 is 0 Å². The predicted molar refractivity (Wildman–Crippen MR) is 40.2 cm³/mol. The lowest BCUT2D eigenvalue weighted by molar-refractivity contribution is -0.111. The zero-order chi connectivity index (χ0) is 7.28. The Hall–Kier alpha value is -0.0600. The van der Waals surface area contributed by atoms with Crippen LogP contribution in [0.2, 0.25) is 0 Å². The van der Waals surface area contributed by atoms with Crippen LogP contribution in [-0.2, 0) is 4.79 Å². The number of nitrogens with two attached hydrogens (primary N) is 2. The molecule has 0 spiro atoms. The number of carbonyl (C=O) groups excluding carboxylic acids is 1. The van der Waals surface area contributed by atoms with E-state index in [2.05, 4.69) is 0 Å². The third kappa shape index (κ3) is 4.44. The van der Waals surface area contributed by atoms with Gasteiger partial charge in [-0.1, -0.05) is 11.8 Å². The summed E-state index contributed by atoms with van der Waals surface area (Å²) in [4.78, 5) is 10.7. The number of thioether (sulfide) groups is 1. The second-order valence-corrected chi connectivity index (χ2v) is 2.84. The van der Waals surface area contributed by atoms with E-state index in [-0.39, 0.29) is 11.2 Å². The summed E-state index contributed by atoms with van der Waals surface area (Å²) < 4.78 is 0. The Bertz CT molecular complexity index is 95.0. The third-order valence-corrected chi connectivity index (χ3v) is 1.83. The van der Waals surface area contributed by atoms with Crippen LogP contribution in [0.4, 0.5) is 0 Å². The molecule has 0 rings (SSSR count). The van der Waals surface area contributed by atoms with Crippen LogP contribution >= 0.6 is 11.8 Å². The monoisotopic (exact) mass is 148 g/mol. The van der Waals surface area contributed by atoms with Crippen LogP contribution in [0.1, 0.15) is 6.92 Å². The maximum atomic E-state index is 10.7. The molecule has 0 radical (unpaired) electrons. The van der Waals surface area contributed by atoms with Crippen molar-refractivity contribution in [2.45, 2.75) is 13.0 Å². The van der Waals surface area contributed by atoms with Gasteiger partial charge in [0.1, 0.15) is 0 Å². The summed E-state index contributed by atoms with van der Waals surface area (Å²) in [6, 6.07) is -0.360. The Morgan fingerprint density at radius 3 is 2.67 bits per heavy atom. The minimum Gasteiger partial charge on any atom is -0.330 e. The lowest BCUT2D eigenvalue weighted by Gasteiger charge is -2.00. The second-order valence-electron chi connectivity index (χ2n) is 1.74. The van der Waals surface area contributed by atoms with Crippen LogP contribution in [0.25, 0.3) is 0 Å². The summed E-state index contributed by atoms with van der Waals surface area (Å²) in [6.07, 6.45) is 0. The number of hydrogen-bond acceptors (Lipinski definition) is 4. The van der Waals surface area contributed by atoms with Crippen molar-refractivity contribution < 1.29 is 4.79 Å². The van der Waals surface area contributed by atoms with Gasteiger partial charge in [0.15, 0.2) is 0 Å². The van der Waals surface area contributed by atoms with Crippen molar-refractivity contribution >= 4 is 16.9 Å². The highest BCUT2D eigenvalue weighted by Gasteiger charge is 2.05. The smallest absolute Gasteiger partial charge is 0.205 e. The van der Waals surface area contributed by atoms with Gasteiger partial charge in [-0.2, -0.15) is 0 Å². The highest BCUT2D eigenvalue weighted by Crippen LogP contribution is 2.01. The van der Waals surface area contributed by atoms with E-state index < -0.39 is 0 Å². The molecule has 0 heterocycles. The van der Waals surface area contributed by atoms with Crippen molar-refractivity contribution in [3.63, 3.8) is 0 Å². The molecule has 9 heavy (non-hydrogen) atoms. The van der Waals surface area contributed by atoms with Crippen LogP contribution in [0, 0.1) is 0 Å². The van der Waals surface area contributed by atoms with Crippen molar-refractivity contribution in [3.8, 4) is 0 Å². The normalized spacial score (nSPS) is 13.2. The van der Waals surface area contributed by atoms with Crippen LogP contribution in [0.5, 0.6) is 0 Å². The summed E-state index contributed by atoms with van der Waals surface area (Å²) in [6.45, 7) is 2.20. The molecule has 1 unspecified atom stereocenters. The topological polar surface area (TPSA) is 69.1 Å². The van der Waals surface area contributed by atoms with Crippen LogP contribution in [0.15, 0.2) is 0 Å². The molecule has 4 N–H and O–H groups in total. The number of rotatable bonds is 3. The Morgan fingerprint density at radius 2 is 2.33 bits per heavy atom. The fraction of sp³-hybridized carbons (Fsp3) is 0.800. The molecule has 0 aliphatic carbocycles. The molecule has 0 amide bonds. The Balaban J connectivity index is 3.28. The van der Waals surface area contributed by atoms with Gasteiger partial charge in [-0.3, -0.25) is 4.79 Å². The van der Waals surface area contributed by atoms with E-state index in [1.807, 2.05) is 0 Å². The van der Waals surface area contributed by atoms with E-state index in [4.69, 9.17) is 11.5 Å². The molecular formula is C5H12N2OS. The van der Waals surface area contributed by atoms with E-state index in [1.165, 1.54) is 11.8 Å². The van der Waals surface area contributed by atoms with E-state index in [0.717, 1.165) is 0 Å². The van der Waals surface area contributed by atoms with Gasteiger partial charge in [0.25, 0.3) is 0 Å². The van der Waals surface area contributed by atoms with Crippen LogP contribution in [-0.4, -0.2) is 23.5 Å². The first-order valence-corrected chi connectivity index (χ1v) is 3.79. The van der Waals surface area contributed by atoms with Crippen molar-refractivity contribution in [1.29, 1.82) is 0 Å². The standard InChI is InChI=1S/C5H12N2OS/c1-4(7)5(8)9-3-2-6/h4H,2-3,6-7H2,1H3. The molecule has 0 bridgehead atoms. The zero-order valence-corrected chi connectivity index (χ0v) is 6.28. The van der Waals surface area contributed by atoms with Gasteiger partial charge in [-0.15, -0.1) is 0 Å². The third-order valence-electron chi connectivity index (χ3n) is 0.734. The first-order chi connectivity index (χ1) is 4.18. The van der Waals surface area contributed by atoms with Crippen molar-refractivity contribution in [3.05, 3.63) is 0 Å². The molecular weight excluding hydrogens is 136 g/mol. The van der Waals surface area contributed by atoms with Crippen molar-refractivity contribution in [2.75, 3.05) is 12.3 Å². The fourth-order valence-corrected chi connectivity index (χ4v) is 0.873. The van der Waals surface area contributed by atoms with Gasteiger partial charge in [-0.05, 0) is 6.92 Å². The van der Waals surface area contributed by atoms with Crippen LogP contribution in [0.3, 0.4) is 0 Å². The molecule has 0 aliphatic rings. The summed E-state index contributed by atoms with van der Waals surface area (Å²) in [7, 11) is 0. The van der Waals surface area contributed by atoms with Gasteiger partial charge in [-0.25, -0.2) is 0 Å². The minimum atomic E-state index is -0.360. The molecule has 1 atom stereocenters. The van der Waals surface area contributed by atoms with E-state index in [9.17, 15) is 4.79 Å². The molecule has 0 aliphatic heterocycles. The maximum Gasteiger partial charge on any atom is 0.205 e. The maximum absolute atomic E-state index is 10.7. The molecule has 0 saturated heterocycles. The van der Waals surface area contributed by atoms with Crippen LogP contribution < -0.4 is 11.5 Å². The van der Waals surface area contributed by atoms with Gasteiger partial charge < -0.3 is 11.5 Å². The molecule has 54 valence electrons. The fourth-order valence-electron chi connectivity index (χ4n) is 0.291. The first kappa shape index (κ1) is 8.94. The van der Waals surface area contributed by atoms with E-state index in [0.29, 0.717) is 12.3 Å². The number of hydrogen-bond donors (Lipinski definition) is 2. The second kappa shape index (κ2) is 4.78. The highest BCUT2D eigenvalue weighted by molar-refractivity contribution is 8.13. The largest absolute Gasteiger partial charge is 0.330 e. The number of carbonyl (C=O) groups is 1. The molecule has 4 heteroatoms. The Labute approximate surface area is 59.2 Å². The SMILES string of the molecule is CC(N)C(=O)SCCN. The van der Waals surface area contributed by atoms with Crippen molar-refractivity contribution in [2.24, 2.45) is 11.5 Å². The molecule has 3 nitrogen and oxygen atoms in total. The van der Waals surface area contributed by atoms with Crippen molar-refractivity contribution in [1.82, 2.24) is 0 Å². The molecule has 0 aromatic rings. The summed E-state index contributed by atoms with van der Waals surface area (Å²) >= 11 is 1.20. The lowest BCUT2D eigenvalue weighted by atomic mass is 10.4. The quantitative estimate of drug-likeness (QED) is 0.569. The Morgan fingerprint density at radius 1 is 1.78 bits per heavy atom. The van der Waals surface area contributed by atoms with Gasteiger partial charge in [0, 0.05) is 12.3 Å².